The van der Waals surface area contributed by atoms with Crippen LogP contribution < -0.4 is 10.5 Å². The zero-order valence-electron chi connectivity index (χ0n) is 13.0. The fourth-order valence-corrected chi connectivity index (χ4v) is 2.60. The number of piperazine rings is 1. The molecule has 1 aromatic carbocycles. The van der Waals surface area contributed by atoms with Gasteiger partial charge in [-0.2, -0.15) is 0 Å². The lowest BCUT2D eigenvalue weighted by Gasteiger charge is -2.38. The molecule has 0 radical (unpaired) electrons. The lowest BCUT2D eigenvalue weighted by molar-refractivity contribution is -0.131. The number of hydrogen-bond acceptors (Lipinski definition) is 4. The van der Waals surface area contributed by atoms with Crippen LogP contribution in [0.5, 0.6) is 5.75 Å². The maximum Gasteiger partial charge on any atom is 0.236 e. The van der Waals surface area contributed by atoms with Gasteiger partial charge in [0.2, 0.25) is 5.91 Å². The van der Waals surface area contributed by atoms with Gasteiger partial charge in [0.15, 0.2) is 0 Å². The second kappa shape index (κ2) is 9.90. The molecule has 22 heavy (non-hydrogen) atoms. The first kappa shape index (κ1) is 21.0. The van der Waals surface area contributed by atoms with E-state index in [1.165, 1.54) is 5.56 Å². The maximum atomic E-state index is 11.6. The molecule has 1 saturated heterocycles. The Morgan fingerprint density at radius 3 is 2.45 bits per heavy atom. The van der Waals surface area contributed by atoms with Gasteiger partial charge >= 0.3 is 0 Å². The first-order valence-corrected chi connectivity index (χ1v) is 7.01. The first-order chi connectivity index (χ1) is 9.65. The summed E-state index contributed by atoms with van der Waals surface area (Å²) in [6, 6.07) is 8.47. The Balaban J connectivity index is 0.00000220. The molecule has 1 aliphatic heterocycles. The van der Waals surface area contributed by atoms with Crippen molar-refractivity contribution in [1.82, 2.24) is 9.80 Å². The number of methoxy groups -OCH3 is 1. The topological polar surface area (TPSA) is 58.8 Å². The molecule has 5 nitrogen and oxygen atoms in total. The maximum absolute atomic E-state index is 11.6. The number of amides is 1. The van der Waals surface area contributed by atoms with Gasteiger partial charge in [-0.3, -0.25) is 9.69 Å². The highest BCUT2D eigenvalue weighted by molar-refractivity contribution is 5.85. The second-order valence-electron chi connectivity index (χ2n) is 5.07. The summed E-state index contributed by atoms with van der Waals surface area (Å²) in [5.74, 6) is 0.921. The Morgan fingerprint density at radius 2 is 1.91 bits per heavy atom. The number of nitrogens with two attached hydrogens (primary N) is 1. The Kier molecular flexibility index (Phi) is 9.44. The van der Waals surface area contributed by atoms with Crippen LogP contribution in [0.25, 0.3) is 0 Å². The van der Waals surface area contributed by atoms with Gasteiger partial charge < -0.3 is 15.4 Å². The molecule has 1 fully saturated rings. The van der Waals surface area contributed by atoms with E-state index in [9.17, 15) is 4.79 Å². The van der Waals surface area contributed by atoms with E-state index in [-0.39, 0.29) is 37.3 Å². The summed E-state index contributed by atoms with van der Waals surface area (Å²) in [7, 11) is 1.68. The van der Waals surface area contributed by atoms with Crippen LogP contribution in [0, 0.1) is 0 Å². The molecule has 0 aromatic heterocycles. The van der Waals surface area contributed by atoms with Crippen LogP contribution in [0.2, 0.25) is 0 Å². The zero-order valence-corrected chi connectivity index (χ0v) is 14.7. The molecule has 2 N–H and O–H groups in total. The van der Waals surface area contributed by atoms with Crippen LogP contribution in [0.1, 0.15) is 18.5 Å². The largest absolute Gasteiger partial charge is 0.497 e. The van der Waals surface area contributed by atoms with Gasteiger partial charge in [0.25, 0.3) is 0 Å². The highest BCUT2D eigenvalue weighted by Gasteiger charge is 2.24. The van der Waals surface area contributed by atoms with Gasteiger partial charge in [0.05, 0.1) is 13.7 Å². The molecule has 0 spiro atoms. The van der Waals surface area contributed by atoms with Crippen LogP contribution in [-0.2, 0) is 4.79 Å². The van der Waals surface area contributed by atoms with Crippen LogP contribution >= 0.6 is 24.8 Å². The molecule has 0 bridgehead atoms. The number of rotatable bonds is 4. The van der Waals surface area contributed by atoms with Crippen LogP contribution in [-0.4, -0.2) is 55.5 Å². The number of ether oxygens (including phenoxy) is 1. The lowest BCUT2D eigenvalue weighted by Crippen LogP contribution is -2.50. The predicted octanol–water partition coefficient (Wildman–Crippen LogP) is 1.70. The average molecular weight is 350 g/mol. The summed E-state index contributed by atoms with van der Waals surface area (Å²) >= 11 is 0. The molecule has 2 rings (SSSR count). The standard InChI is InChI=1S/C15H23N3O2.2ClH/c1-12(13-4-3-5-14(10-13)20-2)17-6-8-18(9-7-17)15(19)11-16;;/h3-5,10,12H,6-9,11,16H2,1-2H3;2*1H. The fraction of sp³-hybridized carbons (Fsp3) is 0.533. The van der Waals surface area contributed by atoms with Crippen LogP contribution in [0.3, 0.4) is 0 Å². The fourth-order valence-electron chi connectivity index (χ4n) is 2.60. The van der Waals surface area contributed by atoms with Crippen LogP contribution in [0.15, 0.2) is 24.3 Å². The molecule has 0 aliphatic carbocycles. The van der Waals surface area contributed by atoms with E-state index in [0.717, 1.165) is 31.9 Å². The molecule has 0 saturated carbocycles. The van der Waals surface area contributed by atoms with Gasteiger partial charge in [0.1, 0.15) is 5.75 Å². The third-order valence-electron chi connectivity index (χ3n) is 3.97. The molecule has 7 heteroatoms. The molecule has 1 atom stereocenters. The lowest BCUT2D eigenvalue weighted by atomic mass is 10.1. The third kappa shape index (κ3) is 5.02. The molecule has 1 amide bonds. The molecule has 126 valence electrons. The molecule has 1 aromatic rings. The van der Waals surface area contributed by atoms with E-state index in [0.29, 0.717) is 6.04 Å². The molecule has 1 heterocycles. The average Bonchev–Trinajstić information content (AvgIpc) is 2.53. The highest BCUT2D eigenvalue weighted by atomic mass is 35.5. The Bertz CT molecular complexity index is 466. The monoisotopic (exact) mass is 349 g/mol. The minimum Gasteiger partial charge on any atom is -0.497 e. The van der Waals surface area contributed by atoms with Crippen molar-refractivity contribution in [2.75, 3.05) is 39.8 Å². The minimum absolute atomic E-state index is 0. The molecular formula is C15H25Cl2N3O2. The quantitative estimate of drug-likeness (QED) is 0.898. The Labute approximate surface area is 144 Å². The van der Waals surface area contributed by atoms with Gasteiger partial charge in [0, 0.05) is 32.2 Å². The Hall–Kier alpha value is -1.01. The molecule has 1 aliphatic rings. The van der Waals surface area contributed by atoms with E-state index in [4.69, 9.17) is 10.5 Å². The normalized spacial score (nSPS) is 16.2. The summed E-state index contributed by atoms with van der Waals surface area (Å²) in [4.78, 5) is 15.8. The van der Waals surface area contributed by atoms with E-state index in [1.807, 2.05) is 17.0 Å². The van der Waals surface area contributed by atoms with Crippen molar-refractivity contribution in [2.45, 2.75) is 13.0 Å². The first-order valence-electron chi connectivity index (χ1n) is 7.01. The predicted molar refractivity (Wildman–Crippen MR) is 93.1 cm³/mol. The van der Waals surface area contributed by atoms with E-state index >= 15 is 0 Å². The zero-order chi connectivity index (χ0) is 14.5. The number of carbonyl (C=O) groups is 1. The van der Waals surface area contributed by atoms with Crippen molar-refractivity contribution >= 4 is 30.7 Å². The van der Waals surface area contributed by atoms with Gasteiger partial charge in [-0.1, -0.05) is 12.1 Å². The van der Waals surface area contributed by atoms with Crippen molar-refractivity contribution in [3.63, 3.8) is 0 Å². The van der Waals surface area contributed by atoms with Crippen LogP contribution in [0.4, 0.5) is 0 Å². The summed E-state index contributed by atoms with van der Waals surface area (Å²) in [5, 5.41) is 0. The van der Waals surface area contributed by atoms with E-state index in [1.54, 1.807) is 7.11 Å². The van der Waals surface area contributed by atoms with Gasteiger partial charge in [-0.25, -0.2) is 0 Å². The van der Waals surface area contributed by atoms with Gasteiger partial charge in [-0.15, -0.1) is 24.8 Å². The summed E-state index contributed by atoms with van der Waals surface area (Å²) < 4.78 is 5.27. The SMILES string of the molecule is COc1cccc(C(C)N2CCN(C(=O)CN)CC2)c1.Cl.Cl. The van der Waals surface area contributed by atoms with Crippen molar-refractivity contribution < 1.29 is 9.53 Å². The Morgan fingerprint density at radius 1 is 1.27 bits per heavy atom. The van der Waals surface area contributed by atoms with Crippen molar-refractivity contribution in [2.24, 2.45) is 5.73 Å². The summed E-state index contributed by atoms with van der Waals surface area (Å²) in [6.07, 6.45) is 0. The van der Waals surface area contributed by atoms with Crippen molar-refractivity contribution in [1.29, 1.82) is 0 Å². The summed E-state index contributed by atoms with van der Waals surface area (Å²) in [6.45, 7) is 5.56. The molecule has 1 unspecified atom stereocenters. The van der Waals surface area contributed by atoms with Gasteiger partial charge in [-0.05, 0) is 24.6 Å². The third-order valence-corrected chi connectivity index (χ3v) is 3.97. The summed E-state index contributed by atoms with van der Waals surface area (Å²) in [5.41, 5.74) is 6.64. The minimum atomic E-state index is 0. The van der Waals surface area contributed by atoms with Crippen molar-refractivity contribution in [3.8, 4) is 5.75 Å². The van der Waals surface area contributed by atoms with E-state index in [2.05, 4.69) is 24.0 Å². The number of hydrogen-bond donors (Lipinski definition) is 1. The molecular weight excluding hydrogens is 325 g/mol. The highest BCUT2D eigenvalue weighted by Crippen LogP contribution is 2.24. The van der Waals surface area contributed by atoms with E-state index < -0.39 is 0 Å². The van der Waals surface area contributed by atoms with Crippen molar-refractivity contribution in [3.05, 3.63) is 29.8 Å². The number of carbonyl (C=O) groups excluding carboxylic acids is 1. The number of halogens is 2. The number of benzene rings is 1. The number of nitrogens with zero attached hydrogens (tertiary/aromatic N) is 2. The second-order valence-corrected chi connectivity index (χ2v) is 5.07. The smallest absolute Gasteiger partial charge is 0.236 e.